The van der Waals surface area contributed by atoms with Crippen molar-refractivity contribution in [2.45, 2.75) is 39.9 Å². The van der Waals surface area contributed by atoms with Crippen LogP contribution in [0.4, 0.5) is 0 Å². The third-order valence-electron chi connectivity index (χ3n) is 5.02. The Hall–Kier alpha value is -2.67. The summed E-state index contributed by atoms with van der Waals surface area (Å²) in [6.07, 6.45) is 3.77. The van der Waals surface area contributed by atoms with Crippen LogP contribution in [0.3, 0.4) is 0 Å². The highest BCUT2D eigenvalue weighted by Gasteiger charge is 2.31. The second-order valence-electron chi connectivity index (χ2n) is 7.07. The molecule has 27 heavy (non-hydrogen) atoms. The fourth-order valence-corrected chi connectivity index (χ4v) is 3.76. The number of aromatic nitrogens is 5. The zero-order valence-corrected chi connectivity index (χ0v) is 16.5. The lowest BCUT2D eigenvalue weighted by Crippen LogP contribution is -2.46. The summed E-state index contributed by atoms with van der Waals surface area (Å²) in [5, 5.41) is 4.72. The first-order chi connectivity index (χ1) is 12.8. The van der Waals surface area contributed by atoms with E-state index in [2.05, 4.69) is 22.0 Å². The molecule has 140 valence electrons. The van der Waals surface area contributed by atoms with Gasteiger partial charge < -0.3 is 9.47 Å². The maximum absolute atomic E-state index is 13.2. The second kappa shape index (κ2) is 6.49. The number of fused-ring (bicyclic) bond motifs is 1. The van der Waals surface area contributed by atoms with E-state index < -0.39 is 0 Å². The Morgan fingerprint density at radius 2 is 2.07 bits per heavy atom. The summed E-state index contributed by atoms with van der Waals surface area (Å²) >= 11 is 6.07. The molecule has 7 nitrogen and oxygen atoms in total. The van der Waals surface area contributed by atoms with Gasteiger partial charge in [0.05, 0.1) is 6.54 Å². The molecule has 3 aromatic heterocycles. The van der Waals surface area contributed by atoms with E-state index in [9.17, 15) is 4.79 Å². The summed E-state index contributed by atoms with van der Waals surface area (Å²) in [4.78, 5) is 23.6. The maximum atomic E-state index is 13.2. The SMILES string of the molecule is Cc1nc(CN2C(=O)c3cc(-c4cc(Cl)ncc4C)cn3C[C@@H]2C)n(C)n1. The predicted molar refractivity (Wildman–Crippen MR) is 102 cm³/mol. The normalized spacial score (nSPS) is 16.7. The van der Waals surface area contributed by atoms with Crippen molar-refractivity contribution in [2.75, 3.05) is 0 Å². The van der Waals surface area contributed by atoms with Crippen LogP contribution < -0.4 is 0 Å². The molecule has 0 aliphatic carbocycles. The minimum absolute atomic E-state index is 0.00143. The van der Waals surface area contributed by atoms with Crippen LogP contribution in [0.15, 0.2) is 24.5 Å². The van der Waals surface area contributed by atoms with E-state index in [4.69, 9.17) is 11.6 Å². The Balaban J connectivity index is 1.68. The third kappa shape index (κ3) is 3.12. The first-order valence-corrected chi connectivity index (χ1v) is 9.21. The Bertz CT molecular complexity index is 1040. The lowest BCUT2D eigenvalue weighted by Gasteiger charge is -2.34. The highest BCUT2D eigenvalue weighted by atomic mass is 35.5. The van der Waals surface area contributed by atoms with Crippen LogP contribution in [-0.2, 0) is 20.1 Å². The van der Waals surface area contributed by atoms with Gasteiger partial charge in [0.1, 0.15) is 22.5 Å². The summed E-state index contributed by atoms with van der Waals surface area (Å²) in [6, 6.07) is 3.83. The fourth-order valence-electron chi connectivity index (χ4n) is 3.60. The minimum Gasteiger partial charge on any atom is -0.341 e. The number of halogens is 1. The van der Waals surface area contributed by atoms with E-state index in [-0.39, 0.29) is 11.9 Å². The van der Waals surface area contributed by atoms with Gasteiger partial charge in [-0.3, -0.25) is 9.48 Å². The van der Waals surface area contributed by atoms with Gasteiger partial charge in [0.15, 0.2) is 0 Å². The van der Waals surface area contributed by atoms with Gasteiger partial charge in [0.25, 0.3) is 5.91 Å². The second-order valence-corrected chi connectivity index (χ2v) is 7.46. The van der Waals surface area contributed by atoms with Crippen LogP contribution in [0.5, 0.6) is 0 Å². The summed E-state index contributed by atoms with van der Waals surface area (Å²) in [7, 11) is 1.85. The van der Waals surface area contributed by atoms with Crippen molar-refractivity contribution in [1.82, 2.24) is 29.2 Å². The van der Waals surface area contributed by atoms with Gasteiger partial charge in [0, 0.05) is 37.6 Å². The highest BCUT2D eigenvalue weighted by molar-refractivity contribution is 6.29. The first-order valence-electron chi connectivity index (χ1n) is 8.83. The molecule has 8 heteroatoms. The number of pyridine rings is 1. The molecule has 1 aliphatic heterocycles. The van der Waals surface area contributed by atoms with Crippen molar-refractivity contribution in [2.24, 2.45) is 7.05 Å². The van der Waals surface area contributed by atoms with Gasteiger partial charge >= 0.3 is 0 Å². The average molecular weight is 385 g/mol. The van der Waals surface area contributed by atoms with E-state index in [1.54, 1.807) is 10.9 Å². The van der Waals surface area contributed by atoms with Gasteiger partial charge in [-0.2, -0.15) is 5.10 Å². The minimum atomic E-state index is -0.00143. The van der Waals surface area contributed by atoms with Gasteiger partial charge in [-0.15, -0.1) is 0 Å². The predicted octanol–water partition coefficient (Wildman–Crippen LogP) is 2.99. The number of carbonyl (C=O) groups excluding carboxylic acids is 1. The summed E-state index contributed by atoms with van der Waals surface area (Å²) < 4.78 is 3.76. The molecule has 0 bridgehead atoms. The Morgan fingerprint density at radius 1 is 1.30 bits per heavy atom. The standard InChI is InChI=1S/C19H21ClN6O/c1-11-7-21-17(20)6-15(11)14-5-16-19(27)26(12(2)8-25(16)9-14)10-18-22-13(3)23-24(18)4/h5-7,9,12H,8,10H2,1-4H3/t12-/m0/s1. The number of hydrogen-bond donors (Lipinski definition) is 0. The maximum Gasteiger partial charge on any atom is 0.271 e. The lowest BCUT2D eigenvalue weighted by atomic mass is 10.1. The smallest absolute Gasteiger partial charge is 0.271 e. The van der Waals surface area contributed by atoms with Crippen LogP contribution in [0.2, 0.25) is 5.15 Å². The molecular weight excluding hydrogens is 364 g/mol. The molecule has 0 unspecified atom stereocenters. The molecule has 4 heterocycles. The van der Waals surface area contributed by atoms with Crippen LogP contribution >= 0.6 is 11.6 Å². The molecule has 0 saturated heterocycles. The quantitative estimate of drug-likeness (QED) is 0.651. The summed E-state index contributed by atoms with van der Waals surface area (Å²) in [5.74, 6) is 1.49. The zero-order valence-electron chi connectivity index (χ0n) is 15.8. The number of carbonyl (C=O) groups is 1. The number of rotatable bonds is 3. The third-order valence-corrected chi connectivity index (χ3v) is 5.23. The number of hydrogen-bond acceptors (Lipinski definition) is 4. The number of aryl methyl sites for hydroxylation is 3. The number of nitrogens with zero attached hydrogens (tertiary/aromatic N) is 6. The molecule has 1 atom stereocenters. The van der Waals surface area contributed by atoms with Crippen molar-refractivity contribution in [3.05, 3.63) is 52.6 Å². The zero-order chi connectivity index (χ0) is 19.3. The monoisotopic (exact) mass is 384 g/mol. The molecule has 0 radical (unpaired) electrons. The van der Waals surface area contributed by atoms with Crippen molar-refractivity contribution >= 4 is 17.5 Å². The molecule has 0 fully saturated rings. The van der Waals surface area contributed by atoms with Gasteiger partial charge in [-0.05, 0) is 44.0 Å². The van der Waals surface area contributed by atoms with Crippen molar-refractivity contribution in [3.8, 4) is 11.1 Å². The van der Waals surface area contributed by atoms with Crippen molar-refractivity contribution in [3.63, 3.8) is 0 Å². The summed E-state index contributed by atoms with van der Waals surface area (Å²) in [5.41, 5.74) is 3.67. The largest absolute Gasteiger partial charge is 0.341 e. The highest BCUT2D eigenvalue weighted by Crippen LogP contribution is 2.30. The molecule has 0 N–H and O–H groups in total. The van der Waals surface area contributed by atoms with Crippen LogP contribution in [0.1, 0.15) is 34.6 Å². The van der Waals surface area contributed by atoms with E-state index in [0.717, 1.165) is 29.1 Å². The van der Waals surface area contributed by atoms with Gasteiger partial charge in [-0.1, -0.05) is 11.6 Å². The lowest BCUT2D eigenvalue weighted by molar-refractivity contribution is 0.0587. The van der Waals surface area contributed by atoms with Gasteiger partial charge in [-0.25, -0.2) is 9.97 Å². The fraction of sp³-hybridized carbons (Fsp3) is 0.368. The molecular formula is C19H21ClN6O. The Kier molecular flexibility index (Phi) is 4.26. The summed E-state index contributed by atoms with van der Waals surface area (Å²) in [6.45, 7) is 7.07. The average Bonchev–Trinajstić information content (AvgIpc) is 3.16. The molecule has 0 aromatic carbocycles. The number of amides is 1. The molecule has 1 aliphatic rings. The Labute approximate surface area is 162 Å². The Morgan fingerprint density at radius 3 is 2.78 bits per heavy atom. The van der Waals surface area contributed by atoms with Crippen molar-refractivity contribution in [1.29, 1.82) is 0 Å². The van der Waals surface area contributed by atoms with Crippen LogP contribution in [0.25, 0.3) is 11.1 Å². The van der Waals surface area contributed by atoms with E-state index in [1.165, 1.54) is 0 Å². The molecule has 1 amide bonds. The van der Waals surface area contributed by atoms with Crippen molar-refractivity contribution < 1.29 is 4.79 Å². The van der Waals surface area contributed by atoms with Gasteiger partial charge in [0.2, 0.25) is 0 Å². The molecule has 0 spiro atoms. The molecule has 0 saturated carbocycles. The molecule has 3 aromatic rings. The topological polar surface area (TPSA) is 68.8 Å². The van der Waals surface area contributed by atoms with Crippen LogP contribution in [-0.4, -0.2) is 41.2 Å². The van der Waals surface area contributed by atoms with Crippen LogP contribution in [0, 0.1) is 13.8 Å². The molecule has 4 rings (SSSR count). The van der Waals surface area contributed by atoms with E-state index in [1.807, 2.05) is 48.7 Å². The van der Waals surface area contributed by atoms with E-state index >= 15 is 0 Å². The first kappa shape index (κ1) is 17.7. The van der Waals surface area contributed by atoms with E-state index in [0.29, 0.717) is 23.2 Å².